The molecule has 100 valence electrons. The van der Waals surface area contributed by atoms with Gasteiger partial charge in [0.1, 0.15) is 5.75 Å². The maximum Gasteiger partial charge on any atom is 0.122 e. The van der Waals surface area contributed by atoms with E-state index >= 15 is 0 Å². The molecule has 0 radical (unpaired) electrons. The molecule has 0 bridgehead atoms. The molecule has 1 aromatic carbocycles. The third-order valence-corrected chi connectivity index (χ3v) is 3.64. The van der Waals surface area contributed by atoms with Crippen LogP contribution in [0.15, 0.2) is 18.2 Å². The molecule has 0 amide bonds. The first kappa shape index (κ1) is 13.4. The van der Waals surface area contributed by atoms with Gasteiger partial charge in [0.15, 0.2) is 0 Å². The zero-order valence-electron chi connectivity index (χ0n) is 11.7. The summed E-state index contributed by atoms with van der Waals surface area (Å²) < 4.78 is 5.84. The second-order valence-corrected chi connectivity index (χ2v) is 5.34. The van der Waals surface area contributed by atoms with Crippen molar-refractivity contribution in [2.75, 3.05) is 13.2 Å². The number of ether oxygens (including phenoxy) is 1. The number of unbranched alkanes of at least 4 members (excludes halogenated alkanes) is 2. The summed E-state index contributed by atoms with van der Waals surface area (Å²) in [7, 11) is 0. The van der Waals surface area contributed by atoms with Crippen molar-refractivity contribution in [1.29, 1.82) is 0 Å². The summed E-state index contributed by atoms with van der Waals surface area (Å²) in [5.41, 5.74) is 2.58. The minimum Gasteiger partial charge on any atom is -0.493 e. The van der Waals surface area contributed by atoms with E-state index in [9.17, 15) is 0 Å². The van der Waals surface area contributed by atoms with Gasteiger partial charge in [-0.25, -0.2) is 0 Å². The van der Waals surface area contributed by atoms with E-state index < -0.39 is 0 Å². The Bertz CT molecular complexity index is 371. The van der Waals surface area contributed by atoms with Crippen molar-refractivity contribution in [1.82, 2.24) is 5.32 Å². The fraction of sp³-hybridized carbons (Fsp3) is 0.625. The number of aryl methyl sites for hydroxylation is 1. The second-order valence-electron chi connectivity index (χ2n) is 5.34. The van der Waals surface area contributed by atoms with E-state index in [4.69, 9.17) is 4.74 Å². The molecule has 2 nitrogen and oxygen atoms in total. The summed E-state index contributed by atoms with van der Waals surface area (Å²) >= 11 is 0. The van der Waals surface area contributed by atoms with Crippen LogP contribution in [0.5, 0.6) is 5.75 Å². The van der Waals surface area contributed by atoms with Crippen molar-refractivity contribution in [2.45, 2.75) is 52.0 Å². The first-order chi connectivity index (χ1) is 8.77. The van der Waals surface area contributed by atoms with E-state index in [0.29, 0.717) is 0 Å². The minimum atomic E-state index is 0.841. The van der Waals surface area contributed by atoms with Crippen LogP contribution in [0.4, 0.5) is 0 Å². The highest BCUT2D eigenvalue weighted by Gasteiger charge is 2.19. The summed E-state index contributed by atoms with van der Waals surface area (Å²) in [5, 5.41) is 3.54. The third kappa shape index (κ3) is 4.34. The minimum absolute atomic E-state index is 0.841. The van der Waals surface area contributed by atoms with Crippen LogP contribution in [0.1, 0.15) is 43.2 Å². The highest BCUT2D eigenvalue weighted by molar-refractivity contribution is 5.38. The van der Waals surface area contributed by atoms with Crippen LogP contribution < -0.4 is 10.1 Å². The van der Waals surface area contributed by atoms with Crippen molar-refractivity contribution < 1.29 is 4.74 Å². The molecule has 18 heavy (non-hydrogen) atoms. The monoisotopic (exact) mass is 247 g/mol. The number of benzene rings is 1. The molecule has 2 heteroatoms. The number of rotatable bonds is 8. The molecule has 1 aliphatic carbocycles. The molecule has 0 saturated heterocycles. The third-order valence-electron chi connectivity index (χ3n) is 3.64. The molecular weight excluding hydrogens is 222 g/mol. The molecule has 0 unspecified atom stereocenters. The molecule has 1 N–H and O–H groups in total. The van der Waals surface area contributed by atoms with Gasteiger partial charge in [0.25, 0.3) is 0 Å². The molecule has 0 atom stereocenters. The van der Waals surface area contributed by atoms with Gasteiger partial charge in [-0.2, -0.15) is 0 Å². The van der Waals surface area contributed by atoms with Crippen LogP contribution in [-0.2, 0) is 0 Å². The van der Waals surface area contributed by atoms with E-state index in [0.717, 1.165) is 24.8 Å². The molecule has 1 aromatic rings. The molecule has 2 rings (SSSR count). The van der Waals surface area contributed by atoms with E-state index in [-0.39, 0.29) is 0 Å². The quantitative estimate of drug-likeness (QED) is 0.709. The Kier molecular flexibility index (Phi) is 5.06. The van der Waals surface area contributed by atoms with Crippen LogP contribution in [-0.4, -0.2) is 19.2 Å². The normalized spacial score (nSPS) is 14.8. The predicted octanol–water partition coefficient (Wildman–Crippen LogP) is 3.60. The Morgan fingerprint density at radius 3 is 2.78 bits per heavy atom. The molecular formula is C16H25NO. The maximum absolute atomic E-state index is 5.84. The lowest BCUT2D eigenvalue weighted by molar-refractivity contribution is 0.302. The topological polar surface area (TPSA) is 21.3 Å². The fourth-order valence-electron chi connectivity index (χ4n) is 2.06. The maximum atomic E-state index is 5.84. The Morgan fingerprint density at radius 2 is 2.00 bits per heavy atom. The van der Waals surface area contributed by atoms with Crippen molar-refractivity contribution in [3.05, 3.63) is 29.3 Å². The van der Waals surface area contributed by atoms with Crippen LogP contribution >= 0.6 is 0 Å². The molecule has 0 aliphatic heterocycles. The zero-order chi connectivity index (χ0) is 12.8. The summed E-state index contributed by atoms with van der Waals surface area (Å²) in [5.74, 6) is 1.05. The largest absolute Gasteiger partial charge is 0.493 e. The van der Waals surface area contributed by atoms with Crippen LogP contribution in [0, 0.1) is 13.8 Å². The molecule has 0 aromatic heterocycles. The average molecular weight is 247 g/mol. The van der Waals surface area contributed by atoms with Gasteiger partial charge in [-0.15, -0.1) is 0 Å². The Morgan fingerprint density at radius 1 is 1.17 bits per heavy atom. The van der Waals surface area contributed by atoms with E-state index in [1.807, 2.05) is 0 Å². The Labute approximate surface area is 111 Å². The van der Waals surface area contributed by atoms with Gasteiger partial charge in [-0.3, -0.25) is 0 Å². The summed E-state index contributed by atoms with van der Waals surface area (Å²) in [6.07, 6.45) is 6.45. The zero-order valence-corrected chi connectivity index (χ0v) is 11.7. The standard InChI is InChI=1S/C16H25NO/c1-13-7-6-8-16(14(13)2)18-12-5-3-4-11-17-15-9-10-15/h6-8,15,17H,3-5,9-12H2,1-2H3. The number of nitrogens with one attached hydrogen (secondary N) is 1. The van der Waals surface area contributed by atoms with Gasteiger partial charge in [0, 0.05) is 6.04 Å². The van der Waals surface area contributed by atoms with Gasteiger partial charge in [0.2, 0.25) is 0 Å². The van der Waals surface area contributed by atoms with Crippen molar-refractivity contribution >= 4 is 0 Å². The van der Waals surface area contributed by atoms with Crippen molar-refractivity contribution in [3.63, 3.8) is 0 Å². The van der Waals surface area contributed by atoms with Gasteiger partial charge in [-0.05, 0) is 69.7 Å². The highest BCUT2D eigenvalue weighted by atomic mass is 16.5. The molecule has 1 saturated carbocycles. The first-order valence-electron chi connectivity index (χ1n) is 7.20. The lowest BCUT2D eigenvalue weighted by Gasteiger charge is -2.10. The average Bonchev–Trinajstić information content (AvgIpc) is 3.17. The van der Waals surface area contributed by atoms with Gasteiger partial charge in [-0.1, -0.05) is 12.1 Å². The summed E-state index contributed by atoms with van der Waals surface area (Å²) in [4.78, 5) is 0. The van der Waals surface area contributed by atoms with Crippen LogP contribution in [0.2, 0.25) is 0 Å². The van der Waals surface area contributed by atoms with Gasteiger partial charge >= 0.3 is 0 Å². The SMILES string of the molecule is Cc1cccc(OCCCCCNC2CC2)c1C. The summed E-state index contributed by atoms with van der Waals surface area (Å²) in [6.45, 7) is 6.28. The number of hydrogen-bond acceptors (Lipinski definition) is 2. The van der Waals surface area contributed by atoms with Crippen molar-refractivity contribution in [3.8, 4) is 5.75 Å². The predicted molar refractivity (Wildman–Crippen MR) is 76.3 cm³/mol. The van der Waals surface area contributed by atoms with E-state index in [1.54, 1.807) is 0 Å². The summed E-state index contributed by atoms with van der Waals surface area (Å²) in [6, 6.07) is 7.11. The Hall–Kier alpha value is -1.02. The number of hydrogen-bond donors (Lipinski definition) is 1. The van der Waals surface area contributed by atoms with Crippen molar-refractivity contribution in [2.24, 2.45) is 0 Å². The lowest BCUT2D eigenvalue weighted by atomic mass is 10.1. The van der Waals surface area contributed by atoms with E-state index in [1.165, 1.54) is 43.4 Å². The first-order valence-corrected chi connectivity index (χ1v) is 7.20. The van der Waals surface area contributed by atoms with Gasteiger partial charge in [0.05, 0.1) is 6.61 Å². The lowest BCUT2D eigenvalue weighted by Crippen LogP contribution is -2.17. The molecule has 1 aliphatic rings. The Balaban J connectivity index is 1.55. The van der Waals surface area contributed by atoms with Crippen LogP contribution in [0.3, 0.4) is 0 Å². The highest BCUT2D eigenvalue weighted by Crippen LogP contribution is 2.21. The molecule has 1 fully saturated rings. The smallest absolute Gasteiger partial charge is 0.122 e. The fourth-order valence-corrected chi connectivity index (χ4v) is 2.06. The molecule has 0 spiro atoms. The van der Waals surface area contributed by atoms with Crippen LogP contribution in [0.25, 0.3) is 0 Å². The second kappa shape index (κ2) is 6.79. The van der Waals surface area contributed by atoms with Gasteiger partial charge < -0.3 is 10.1 Å². The van der Waals surface area contributed by atoms with E-state index in [2.05, 4.69) is 37.4 Å². The molecule has 0 heterocycles.